The fraction of sp³-hybridized carbons (Fsp3) is 0.130. The van der Waals surface area contributed by atoms with Crippen LogP contribution < -0.4 is 0 Å². The number of aryl methyl sites for hydroxylation is 1. The maximum absolute atomic E-state index is 15.0. The van der Waals surface area contributed by atoms with Gasteiger partial charge in [-0.1, -0.05) is 29.8 Å². The van der Waals surface area contributed by atoms with Crippen molar-refractivity contribution in [2.24, 2.45) is 7.05 Å². The van der Waals surface area contributed by atoms with E-state index in [-0.39, 0.29) is 21.7 Å². The lowest BCUT2D eigenvalue weighted by atomic mass is 9.99. The van der Waals surface area contributed by atoms with E-state index in [1.807, 2.05) is 6.07 Å². The third-order valence-corrected chi connectivity index (χ3v) is 5.87. The molecular formula is C23H16ClF2N3O2. The molecule has 2 heterocycles. The summed E-state index contributed by atoms with van der Waals surface area (Å²) in [5.41, 5.74) is 1.88. The number of aliphatic hydroxyl groups excluding tert-OH is 1. The molecule has 1 N–H and O–H groups in total. The van der Waals surface area contributed by atoms with Crippen LogP contribution in [0.3, 0.4) is 0 Å². The van der Waals surface area contributed by atoms with Crippen molar-refractivity contribution in [3.05, 3.63) is 88.1 Å². The minimum atomic E-state index is -1.38. The number of fused-ring (bicyclic) bond motifs is 2. The van der Waals surface area contributed by atoms with Crippen LogP contribution in [0.15, 0.2) is 54.7 Å². The van der Waals surface area contributed by atoms with E-state index in [0.717, 1.165) is 10.3 Å². The minimum absolute atomic E-state index is 0.223. The molecule has 1 aliphatic rings. The van der Waals surface area contributed by atoms with Crippen molar-refractivity contribution < 1.29 is 18.7 Å². The van der Waals surface area contributed by atoms with Crippen LogP contribution in [0.2, 0.25) is 5.02 Å². The normalized spacial score (nSPS) is 15.7. The van der Waals surface area contributed by atoms with E-state index >= 15 is 8.78 Å². The van der Waals surface area contributed by atoms with Crippen LogP contribution in [0, 0.1) is 11.6 Å². The Hall–Kier alpha value is -3.29. The van der Waals surface area contributed by atoms with Gasteiger partial charge in [-0.2, -0.15) is 5.10 Å². The van der Waals surface area contributed by atoms with Gasteiger partial charge in [0.15, 0.2) is 6.23 Å². The SMILES string of the molecule is Cn1cc2c(-c3cc(F)c(CN4C(=O)c5cccc(Cl)c5C4O)c(F)c3)cccc2n1. The van der Waals surface area contributed by atoms with Gasteiger partial charge in [-0.25, -0.2) is 8.78 Å². The molecular weight excluding hydrogens is 424 g/mol. The third kappa shape index (κ3) is 3.08. The molecule has 0 aliphatic carbocycles. The molecule has 4 aromatic rings. The molecule has 0 spiro atoms. The average Bonchev–Trinajstić information content (AvgIpc) is 3.22. The lowest BCUT2D eigenvalue weighted by Gasteiger charge is -2.22. The quantitative estimate of drug-likeness (QED) is 0.498. The van der Waals surface area contributed by atoms with Crippen molar-refractivity contribution in [3.63, 3.8) is 0 Å². The summed E-state index contributed by atoms with van der Waals surface area (Å²) in [4.78, 5) is 13.7. The van der Waals surface area contributed by atoms with Crippen molar-refractivity contribution in [1.82, 2.24) is 14.7 Å². The second-order valence-corrected chi connectivity index (χ2v) is 7.87. The van der Waals surface area contributed by atoms with Crippen LogP contribution in [0.25, 0.3) is 22.0 Å². The molecule has 3 aromatic carbocycles. The van der Waals surface area contributed by atoms with E-state index in [0.29, 0.717) is 16.6 Å². The van der Waals surface area contributed by atoms with Crippen molar-refractivity contribution in [3.8, 4) is 11.1 Å². The highest BCUT2D eigenvalue weighted by Gasteiger charge is 2.38. The molecule has 1 unspecified atom stereocenters. The Balaban J connectivity index is 1.52. The van der Waals surface area contributed by atoms with Gasteiger partial charge >= 0.3 is 0 Å². The van der Waals surface area contributed by atoms with Crippen LogP contribution in [0.1, 0.15) is 27.7 Å². The van der Waals surface area contributed by atoms with Gasteiger partial charge in [0, 0.05) is 40.3 Å². The predicted molar refractivity (Wildman–Crippen MR) is 112 cm³/mol. The van der Waals surface area contributed by atoms with Crippen molar-refractivity contribution in [2.75, 3.05) is 0 Å². The number of nitrogens with zero attached hydrogens (tertiary/aromatic N) is 3. The zero-order valence-electron chi connectivity index (χ0n) is 16.3. The highest BCUT2D eigenvalue weighted by atomic mass is 35.5. The Morgan fingerprint density at radius 3 is 2.48 bits per heavy atom. The van der Waals surface area contributed by atoms with Crippen LogP contribution in [0.4, 0.5) is 8.78 Å². The van der Waals surface area contributed by atoms with Crippen LogP contribution in [0.5, 0.6) is 0 Å². The Kier molecular flexibility index (Phi) is 4.53. The number of hydrogen-bond donors (Lipinski definition) is 1. The molecule has 0 bridgehead atoms. The van der Waals surface area contributed by atoms with Gasteiger partial charge in [0.2, 0.25) is 0 Å². The first-order chi connectivity index (χ1) is 14.8. The van der Waals surface area contributed by atoms with Gasteiger partial charge in [0.05, 0.1) is 12.1 Å². The summed E-state index contributed by atoms with van der Waals surface area (Å²) < 4.78 is 31.7. The summed E-state index contributed by atoms with van der Waals surface area (Å²) in [7, 11) is 1.77. The topological polar surface area (TPSA) is 58.4 Å². The Morgan fingerprint density at radius 1 is 1.10 bits per heavy atom. The second kappa shape index (κ2) is 7.14. The van der Waals surface area contributed by atoms with E-state index in [1.54, 1.807) is 42.2 Å². The molecule has 0 fully saturated rings. The largest absolute Gasteiger partial charge is 0.369 e. The van der Waals surface area contributed by atoms with Crippen LogP contribution in [-0.4, -0.2) is 25.7 Å². The average molecular weight is 440 g/mol. The summed E-state index contributed by atoms with van der Waals surface area (Å²) in [5, 5.41) is 15.9. The molecule has 31 heavy (non-hydrogen) atoms. The first-order valence-electron chi connectivity index (χ1n) is 9.53. The van der Waals surface area contributed by atoms with E-state index < -0.39 is 30.3 Å². The number of aliphatic hydroxyl groups is 1. The summed E-state index contributed by atoms with van der Waals surface area (Å²) in [6.07, 6.45) is 0.410. The second-order valence-electron chi connectivity index (χ2n) is 7.47. The summed E-state index contributed by atoms with van der Waals surface area (Å²) >= 11 is 6.10. The molecule has 0 saturated carbocycles. The number of carbonyl (C=O) groups is 1. The van der Waals surface area contributed by atoms with Gasteiger partial charge in [-0.05, 0) is 41.5 Å². The van der Waals surface area contributed by atoms with Gasteiger partial charge < -0.3 is 10.0 Å². The monoisotopic (exact) mass is 439 g/mol. The van der Waals surface area contributed by atoms with Gasteiger partial charge in [0.25, 0.3) is 5.91 Å². The number of halogens is 3. The molecule has 0 radical (unpaired) electrons. The molecule has 156 valence electrons. The Labute approximate surface area is 181 Å². The lowest BCUT2D eigenvalue weighted by molar-refractivity contribution is 0.0130. The fourth-order valence-corrected chi connectivity index (χ4v) is 4.33. The molecule has 1 atom stereocenters. The molecule has 1 aromatic heterocycles. The van der Waals surface area contributed by atoms with Crippen LogP contribution >= 0.6 is 11.6 Å². The lowest BCUT2D eigenvalue weighted by Crippen LogP contribution is -2.28. The molecule has 1 amide bonds. The van der Waals surface area contributed by atoms with E-state index in [4.69, 9.17) is 11.6 Å². The summed E-state index contributed by atoms with van der Waals surface area (Å²) in [6, 6.07) is 12.5. The number of benzene rings is 3. The number of hydrogen-bond acceptors (Lipinski definition) is 3. The maximum atomic E-state index is 15.0. The van der Waals surface area contributed by atoms with Crippen molar-refractivity contribution in [2.45, 2.75) is 12.8 Å². The van der Waals surface area contributed by atoms with Gasteiger partial charge in [-0.15, -0.1) is 0 Å². The van der Waals surface area contributed by atoms with Crippen LogP contribution in [-0.2, 0) is 13.6 Å². The number of amides is 1. The number of aromatic nitrogens is 2. The molecule has 5 nitrogen and oxygen atoms in total. The molecule has 0 saturated heterocycles. The number of carbonyl (C=O) groups excluding carboxylic acids is 1. The minimum Gasteiger partial charge on any atom is -0.369 e. The highest BCUT2D eigenvalue weighted by molar-refractivity contribution is 6.32. The first-order valence-corrected chi connectivity index (χ1v) is 9.91. The molecule has 5 rings (SSSR count). The van der Waals surface area contributed by atoms with Crippen molar-refractivity contribution >= 4 is 28.4 Å². The Bertz CT molecular complexity index is 1350. The molecule has 8 heteroatoms. The highest BCUT2D eigenvalue weighted by Crippen LogP contribution is 2.38. The van der Waals surface area contributed by atoms with E-state index in [1.165, 1.54) is 18.2 Å². The zero-order chi connectivity index (χ0) is 21.9. The van der Waals surface area contributed by atoms with E-state index in [9.17, 15) is 9.90 Å². The summed E-state index contributed by atoms with van der Waals surface area (Å²) in [6.45, 7) is -0.431. The van der Waals surface area contributed by atoms with Gasteiger partial charge in [-0.3, -0.25) is 9.48 Å². The predicted octanol–water partition coefficient (Wildman–Crippen LogP) is 4.82. The van der Waals surface area contributed by atoms with Crippen molar-refractivity contribution in [1.29, 1.82) is 0 Å². The first kappa shape index (κ1) is 19.7. The summed E-state index contributed by atoms with van der Waals surface area (Å²) in [5.74, 6) is -2.15. The zero-order valence-corrected chi connectivity index (χ0v) is 17.1. The van der Waals surface area contributed by atoms with E-state index in [2.05, 4.69) is 5.10 Å². The number of rotatable bonds is 3. The standard InChI is InChI=1S/C23H16ClF2N3O2/c1-28-10-15-13(4-3-7-20(15)27-28)12-8-18(25)16(19(26)9-12)11-29-22(30)14-5-2-6-17(24)21(14)23(29)31/h2-10,23,31H,11H2,1H3. The fourth-order valence-electron chi connectivity index (χ4n) is 4.06. The van der Waals surface area contributed by atoms with Gasteiger partial charge in [0.1, 0.15) is 11.6 Å². The molecule has 1 aliphatic heterocycles. The maximum Gasteiger partial charge on any atom is 0.256 e. The smallest absolute Gasteiger partial charge is 0.256 e. The Morgan fingerprint density at radius 2 is 1.77 bits per heavy atom. The third-order valence-electron chi connectivity index (χ3n) is 5.54.